The van der Waals surface area contributed by atoms with Gasteiger partial charge in [0, 0.05) is 30.5 Å². The molecule has 15 heavy (non-hydrogen) atoms. The van der Waals surface area contributed by atoms with Crippen molar-refractivity contribution in [2.75, 3.05) is 0 Å². The van der Waals surface area contributed by atoms with Gasteiger partial charge in [0.25, 0.3) is 0 Å². The summed E-state index contributed by atoms with van der Waals surface area (Å²) >= 11 is 0. The van der Waals surface area contributed by atoms with Crippen LogP contribution < -0.4 is 0 Å². The van der Waals surface area contributed by atoms with Gasteiger partial charge in [0.05, 0.1) is 17.4 Å². The number of pyridine rings is 1. The Labute approximate surface area is 88.8 Å². The Bertz CT molecular complexity index is 535. The molecule has 2 heterocycles. The molecule has 2 aromatic rings. The van der Waals surface area contributed by atoms with Crippen LogP contribution in [0.5, 0.6) is 0 Å². The van der Waals surface area contributed by atoms with Crippen LogP contribution in [0, 0.1) is 6.92 Å². The van der Waals surface area contributed by atoms with E-state index in [1.54, 1.807) is 18.5 Å². The minimum Gasteiger partial charge on any atom is -0.345 e. The average Bonchev–Trinajstić information content (AvgIpc) is 2.51. The Hall–Kier alpha value is -1.90. The Morgan fingerprint density at radius 3 is 3.07 bits per heavy atom. The van der Waals surface area contributed by atoms with Crippen molar-refractivity contribution in [3.05, 3.63) is 36.8 Å². The summed E-state index contributed by atoms with van der Waals surface area (Å²) in [6.07, 6.45) is 7.03. The molecule has 0 aliphatic heterocycles. The van der Waals surface area contributed by atoms with Gasteiger partial charge in [-0.3, -0.25) is 9.98 Å². The largest absolute Gasteiger partial charge is 0.345 e. The van der Waals surface area contributed by atoms with Crippen molar-refractivity contribution in [2.45, 2.75) is 6.92 Å². The lowest BCUT2D eigenvalue weighted by Crippen LogP contribution is -1.89. The van der Waals surface area contributed by atoms with Gasteiger partial charge in [-0.1, -0.05) is 12.7 Å². The van der Waals surface area contributed by atoms with Crippen molar-refractivity contribution < 1.29 is 0 Å². The number of nitrogens with zero attached hydrogens (tertiary/aromatic N) is 3. The summed E-state index contributed by atoms with van der Waals surface area (Å²) < 4.78 is 2.10. The van der Waals surface area contributed by atoms with Gasteiger partial charge >= 0.3 is 0 Å². The van der Waals surface area contributed by atoms with Crippen LogP contribution in [0.4, 0.5) is 5.69 Å². The molecule has 0 amide bonds. The van der Waals surface area contributed by atoms with Crippen LogP contribution in [0.2, 0.25) is 0 Å². The number of aryl methyl sites for hydroxylation is 1. The lowest BCUT2D eigenvalue weighted by molar-refractivity contribution is 0.915. The molecule has 0 aliphatic carbocycles. The smallest absolute Gasteiger partial charge is 0.0915 e. The van der Waals surface area contributed by atoms with Crippen molar-refractivity contribution in [3.63, 3.8) is 0 Å². The van der Waals surface area contributed by atoms with E-state index in [9.17, 15) is 0 Å². The lowest BCUT2D eigenvalue weighted by atomic mass is 10.2. The summed E-state index contributed by atoms with van der Waals surface area (Å²) in [7, 11) is 2.02. The van der Waals surface area contributed by atoms with E-state index in [4.69, 9.17) is 0 Å². The highest BCUT2D eigenvalue weighted by Gasteiger charge is 2.09. The average molecular weight is 199 g/mol. The van der Waals surface area contributed by atoms with E-state index in [2.05, 4.69) is 28.0 Å². The molecule has 0 radical (unpaired) electrons. The third kappa shape index (κ3) is 1.46. The third-order valence-electron chi connectivity index (χ3n) is 2.57. The molecular formula is C12H13N3. The molecular weight excluding hydrogens is 186 g/mol. The van der Waals surface area contributed by atoms with Crippen molar-refractivity contribution in [3.8, 4) is 0 Å². The first-order valence-corrected chi connectivity index (χ1v) is 4.79. The number of fused-ring (bicyclic) bond motifs is 1. The van der Waals surface area contributed by atoms with Gasteiger partial charge in [0.15, 0.2) is 0 Å². The molecule has 2 rings (SSSR count). The zero-order chi connectivity index (χ0) is 10.8. The topological polar surface area (TPSA) is 30.2 Å². The summed E-state index contributed by atoms with van der Waals surface area (Å²) in [5.74, 6) is 0. The van der Waals surface area contributed by atoms with Gasteiger partial charge in [-0.05, 0) is 13.0 Å². The molecule has 3 heteroatoms. The highest BCUT2D eigenvalue weighted by atomic mass is 15.0. The van der Waals surface area contributed by atoms with Gasteiger partial charge < -0.3 is 4.57 Å². The summed E-state index contributed by atoms with van der Waals surface area (Å²) in [6, 6.07) is 1.98. The monoisotopic (exact) mass is 199 g/mol. The number of rotatable bonds is 2. The van der Waals surface area contributed by atoms with E-state index in [1.165, 1.54) is 0 Å². The third-order valence-corrected chi connectivity index (χ3v) is 2.57. The zero-order valence-electron chi connectivity index (χ0n) is 8.94. The normalized spacial score (nSPS) is 11.3. The van der Waals surface area contributed by atoms with Crippen molar-refractivity contribution in [2.24, 2.45) is 12.0 Å². The number of hydrogen-bond acceptors (Lipinski definition) is 2. The molecule has 0 spiro atoms. The van der Waals surface area contributed by atoms with Crippen molar-refractivity contribution in [1.82, 2.24) is 9.55 Å². The Morgan fingerprint density at radius 2 is 2.33 bits per heavy atom. The lowest BCUT2D eigenvalue weighted by Gasteiger charge is -1.96. The van der Waals surface area contributed by atoms with E-state index in [1.807, 2.05) is 19.3 Å². The van der Waals surface area contributed by atoms with Crippen LogP contribution in [0.15, 0.2) is 36.1 Å². The van der Waals surface area contributed by atoms with Crippen molar-refractivity contribution in [1.29, 1.82) is 0 Å². The Kier molecular flexibility index (Phi) is 2.37. The first-order chi connectivity index (χ1) is 7.25. The fourth-order valence-electron chi connectivity index (χ4n) is 1.68. The molecule has 0 atom stereocenters. The maximum absolute atomic E-state index is 4.38. The molecule has 0 bridgehead atoms. The van der Waals surface area contributed by atoms with Gasteiger partial charge in [0.2, 0.25) is 0 Å². The second kappa shape index (κ2) is 3.69. The number of aliphatic imine (C=N–C) groups is 1. The molecule has 0 saturated carbocycles. The summed E-state index contributed by atoms with van der Waals surface area (Å²) in [5.41, 5.74) is 3.23. The first kappa shape index (κ1) is 9.65. The predicted octanol–water partition coefficient (Wildman–Crippen LogP) is 2.77. The van der Waals surface area contributed by atoms with Gasteiger partial charge in [0.1, 0.15) is 0 Å². The van der Waals surface area contributed by atoms with E-state index in [-0.39, 0.29) is 0 Å². The quantitative estimate of drug-likeness (QED) is 0.684. The first-order valence-electron chi connectivity index (χ1n) is 4.79. The number of allylic oxidation sites excluding steroid dienone is 1. The fourth-order valence-corrected chi connectivity index (χ4v) is 1.68. The second-order valence-electron chi connectivity index (χ2n) is 3.40. The van der Waals surface area contributed by atoms with Crippen LogP contribution in [-0.2, 0) is 7.05 Å². The number of aromatic nitrogens is 2. The van der Waals surface area contributed by atoms with Gasteiger partial charge in [-0.2, -0.15) is 0 Å². The van der Waals surface area contributed by atoms with Crippen LogP contribution >= 0.6 is 0 Å². The molecule has 0 unspecified atom stereocenters. The van der Waals surface area contributed by atoms with Gasteiger partial charge in [-0.25, -0.2) is 0 Å². The standard InChI is InChI=1S/C12H13N3/c1-4-6-14-12-9(2)15(3)11-8-13-7-5-10(11)12/h4-8H,1H2,2-3H3. The predicted molar refractivity (Wildman–Crippen MR) is 63.8 cm³/mol. The second-order valence-corrected chi connectivity index (χ2v) is 3.40. The Morgan fingerprint density at radius 1 is 1.53 bits per heavy atom. The molecule has 76 valence electrons. The van der Waals surface area contributed by atoms with E-state index < -0.39 is 0 Å². The number of hydrogen-bond donors (Lipinski definition) is 0. The summed E-state index contributed by atoms with van der Waals surface area (Å²) in [5, 5.41) is 1.13. The molecule has 0 aromatic carbocycles. The van der Waals surface area contributed by atoms with E-state index in [0.717, 1.165) is 22.3 Å². The summed E-state index contributed by atoms with van der Waals surface area (Å²) in [6.45, 7) is 5.68. The highest BCUT2D eigenvalue weighted by molar-refractivity contribution is 5.94. The van der Waals surface area contributed by atoms with Crippen LogP contribution in [0.3, 0.4) is 0 Å². The van der Waals surface area contributed by atoms with E-state index in [0.29, 0.717) is 0 Å². The molecule has 3 nitrogen and oxygen atoms in total. The highest BCUT2D eigenvalue weighted by Crippen LogP contribution is 2.31. The molecule has 0 aliphatic rings. The fraction of sp³-hybridized carbons (Fsp3) is 0.167. The maximum Gasteiger partial charge on any atom is 0.0915 e. The Balaban J connectivity index is 2.77. The minimum absolute atomic E-state index is 0.995. The molecule has 2 aromatic heterocycles. The van der Waals surface area contributed by atoms with Gasteiger partial charge in [-0.15, -0.1) is 0 Å². The maximum atomic E-state index is 4.38. The van der Waals surface area contributed by atoms with E-state index >= 15 is 0 Å². The molecule has 0 N–H and O–H groups in total. The van der Waals surface area contributed by atoms with Crippen LogP contribution in [-0.4, -0.2) is 15.8 Å². The van der Waals surface area contributed by atoms with Crippen molar-refractivity contribution >= 4 is 22.8 Å². The SMILES string of the molecule is C=CC=Nc1c(C)n(C)c2cnccc12. The summed E-state index contributed by atoms with van der Waals surface area (Å²) in [4.78, 5) is 8.50. The molecule has 0 saturated heterocycles. The van der Waals surface area contributed by atoms with Crippen LogP contribution in [0.25, 0.3) is 10.9 Å². The minimum atomic E-state index is 0.995. The molecule has 0 fully saturated rings. The zero-order valence-corrected chi connectivity index (χ0v) is 8.94. The van der Waals surface area contributed by atoms with Crippen LogP contribution in [0.1, 0.15) is 5.69 Å².